The molecule has 2 N–H and O–H groups in total. The Balaban J connectivity index is 1.65. The van der Waals surface area contributed by atoms with E-state index in [1.165, 1.54) is 29.4 Å². The summed E-state index contributed by atoms with van der Waals surface area (Å²) in [5, 5.41) is 8.01. The molecule has 5 amide bonds. The SMILES string of the molecule is CC(C)NC(=O)N1C[C@H](c2csc(-c3cccc(C(F)(F)F)c3)n2)[C@@H]2[C@H]1CCN2C(=O)C(NC(=O)[C@H](C)N(C)C(=O)OC(C)(C)C)C(C)(C)C. The smallest absolute Gasteiger partial charge is 0.416 e. The summed E-state index contributed by atoms with van der Waals surface area (Å²) in [5.41, 5.74) is -1.39. The summed E-state index contributed by atoms with van der Waals surface area (Å²) in [6.45, 7) is 16.5. The molecule has 276 valence electrons. The van der Waals surface area contributed by atoms with E-state index in [9.17, 15) is 32.3 Å². The highest BCUT2D eigenvalue weighted by Crippen LogP contribution is 2.43. The first-order chi connectivity index (χ1) is 23.0. The van der Waals surface area contributed by atoms with Crippen LogP contribution in [0.5, 0.6) is 0 Å². The predicted molar refractivity (Wildman–Crippen MR) is 184 cm³/mol. The number of ether oxygens (including phenoxy) is 1. The number of likely N-dealkylation sites (N-methyl/N-ethyl adjacent to an activating group) is 1. The van der Waals surface area contributed by atoms with Gasteiger partial charge in [-0.05, 0) is 65.5 Å². The van der Waals surface area contributed by atoms with Gasteiger partial charge in [0.1, 0.15) is 22.7 Å². The molecule has 2 aliphatic heterocycles. The van der Waals surface area contributed by atoms with Crippen molar-refractivity contribution < 1.29 is 37.1 Å². The van der Waals surface area contributed by atoms with E-state index >= 15 is 0 Å². The number of carbonyl (C=O) groups excluding carboxylic acids is 4. The maximum absolute atomic E-state index is 14.5. The average Bonchev–Trinajstić information content (AvgIpc) is 3.73. The van der Waals surface area contributed by atoms with E-state index in [0.29, 0.717) is 29.2 Å². The Morgan fingerprint density at radius 3 is 2.26 bits per heavy atom. The number of amides is 5. The quantitative estimate of drug-likeness (QED) is 0.356. The molecule has 0 bridgehead atoms. The number of halogens is 3. The largest absolute Gasteiger partial charge is 0.444 e. The minimum absolute atomic E-state index is 0.132. The molecule has 2 fully saturated rings. The van der Waals surface area contributed by atoms with Crippen LogP contribution in [-0.4, -0.2) is 99.6 Å². The van der Waals surface area contributed by atoms with Crippen molar-refractivity contribution in [3.8, 4) is 10.6 Å². The minimum atomic E-state index is -4.51. The van der Waals surface area contributed by atoms with Crippen molar-refractivity contribution in [3.05, 3.63) is 40.9 Å². The molecule has 3 heterocycles. The zero-order chi connectivity index (χ0) is 37.5. The first kappa shape index (κ1) is 38.9. The highest BCUT2D eigenvalue weighted by molar-refractivity contribution is 7.13. The van der Waals surface area contributed by atoms with Gasteiger partial charge in [-0.25, -0.2) is 14.6 Å². The molecule has 15 heteroatoms. The van der Waals surface area contributed by atoms with Gasteiger partial charge in [-0.2, -0.15) is 13.2 Å². The van der Waals surface area contributed by atoms with Gasteiger partial charge >= 0.3 is 18.3 Å². The second kappa shape index (κ2) is 14.4. The lowest BCUT2D eigenvalue weighted by molar-refractivity contribution is -0.141. The molecule has 1 aromatic heterocycles. The van der Waals surface area contributed by atoms with Gasteiger partial charge in [-0.1, -0.05) is 32.9 Å². The van der Waals surface area contributed by atoms with Crippen LogP contribution in [0.1, 0.15) is 85.9 Å². The van der Waals surface area contributed by atoms with E-state index in [2.05, 4.69) is 10.6 Å². The fraction of sp³-hybridized carbons (Fsp3) is 0.629. The van der Waals surface area contributed by atoms with Gasteiger partial charge in [0.25, 0.3) is 0 Å². The van der Waals surface area contributed by atoms with Gasteiger partial charge in [-0.3, -0.25) is 14.5 Å². The summed E-state index contributed by atoms with van der Waals surface area (Å²) < 4.78 is 45.8. The van der Waals surface area contributed by atoms with Crippen molar-refractivity contribution in [1.82, 2.24) is 30.3 Å². The molecule has 1 unspecified atom stereocenters. The third-order valence-electron chi connectivity index (χ3n) is 8.96. The summed E-state index contributed by atoms with van der Waals surface area (Å²) in [5.74, 6) is -1.31. The van der Waals surface area contributed by atoms with Crippen LogP contribution in [0.25, 0.3) is 10.6 Å². The number of thiazole rings is 1. The zero-order valence-corrected chi connectivity index (χ0v) is 31.2. The number of nitrogens with one attached hydrogen (secondary N) is 2. The standard InChI is InChI=1S/C35H49F3N6O5S/c1-19(2)39-31(47)44-17-23(24-18-50-29(40-24)21-12-11-13-22(16-21)35(36,37)38)26-25(44)14-15-43(26)30(46)27(33(4,5)6)41-28(45)20(3)42(10)32(48)49-34(7,8)9/h11-13,16,18-20,23,25-27H,14-15,17H2,1-10H3,(H,39,47)(H,41,45)/t20-,23+,25+,26+,27?/m0/s1. The summed E-state index contributed by atoms with van der Waals surface area (Å²) in [6, 6.07) is 1.78. The molecule has 0 radical (unpaired) electrons. The molecule has 0 aliphatic carbocycles. The molecule has 50 heavy (non-hydrogen) atoms. The number of urea groups is 1. The zero-order valence-electron chi connectivity index (χ0n) is 30.3. The van der Waals surface area contributed by atoms with E-state index in [1.54, 1.807) is 48.9 Å². The monoisotopic (exact) mass is 722 g/mol. The number of fused-ring (bicyclic) bond motifs is 1. The predicted octanol–water partition coefficient (Wildman–Crippen LogP) is 6.10. The lowest BCUT2D eigenvalue weighted by Gasteiger charge is -2.37. The van der Waals surface area contributed by atoms with Gasteiger partial charge in [0, 0.05) is 43.0 Å². The van der Waals surface area contributed by atoms with Crippen LogP contribution in [0, 0.1) is 5.41 Å². The number of hydrogen-bond donors (Lipinski definition) is 2. The molecule has 1 aromatic carbocycles. The first-order valence-electron chi connectivity index (χ1n) is 16.8. The average molecular weight is 723 g/mol. The third kappa shape index (κ3) is 8.70. The minimum Gasteiger partial charge on any atom is -0.444 e. The van der Waals surface area contributed by atoms with Crippen molar-refractivity contribution in [3.63, 3.8) is 0 Å². The number of carbonyl (C=O) groups is 4. The van der Waals surface area contributed by atoms with Gasteiger partial charge < -0.3 is 25.2 Å². The topological polar surface area (TPSA) is 124 Å². The van der Waals surface area contributed by atoms with Crippen molar-refractivity contribution >= 4 is 35.3 Å². The molecule has 0 spiro atoms. The number of benzene rings is 1. The summed E-state index contributed by atoms with van der Waals surface area (Å²) in [7, 11) is 1.46. The van der Waals surface area contributed by atoms with E-state index in [1.807, 2.05) is 34.6 Å². The lowest BCUT2D eigenvalue weighted by atomic mass is 9.85. The van der Waals surface area contributed by atoms with E-state index in [0.717, 1.165) is 12.1 Å². The molecular formula is C35H49F3N6O5S. The molecular weight excluding hydrogens is 673 g/mol. The van der Waals surface area contributed by atoms with Crippen LogP contribution in [0.3, 0.4) is 0 Å². The number of alkyl halides is 3. The van der Waals surface area contributed by atoms with Crippen LogP contribution in [0.4, 0.5) is 22.8 Å². The second-order valence-electron chi connectivity index (χ2n) is 15.5. The number of nitrogens with zero attached hydrogens (tertiary/aromatic N) is 4. The van der Waals surface area contributed by atoms with Crippen LogP contribution in [0.2, 0.25) is 0 Å². The van der Waals surface area contributed by atoms with E-state index in [4.69, 9.17) is 9.72 Å². The Labute approximate surface area is 295 Å². The molecule has 2 aromatic rings. The summed E-state index contributed by atoms with van der Waals surface area (Å²) in [6.07, 6.45) is -4.69. The molecule has 4 rings (SSSR count). The van der Waals surface area contributed by atoms with Crippen molar-refractivity contribution in [2.24, 2.45) is 5.41 Å². The number of aromatic nitrogens is 1. The molecule has 5 atom stereocenters. The normalized spacial score (nSPS) is 20.7. The van der Waals surface area contributed by atoms with Crippen molar-refractivity contribution in [1.29, 1.82) is 0 Å². The Morgan fingerprint density at radius 1 is 1.02 bits per heavy atom. The highest BCUT2D eigenvalue weighted by atomic mass is 32.1. The third-order valence-corrected chi connectivity index (χ3v) is 9.87. The Hall–Kier alpha value is -3.88. The summed E-state index contributed by atoms with van der Waals surface area (Å²) >= 11 is 1.20. The maximum atomic E-state index is 14.5. The van der Waals surface area contributed by atoms with E-state index in [-0.39, 0.29) is 30.6 Å². The fourth-order valence-electron chi connectivity index (χ4n) is 6.33. The van der Waals surface area contributed by atoms with Gasteiger partial charge in [0.2, 0.25) is 11.8 Å². The van der Waals surface area contributed by atoms with Crippen LogP contribution >= 0.6 is 11.3 Å². The van der Waals surface area contributed by atoms with Crippen molar-refractivity contribution in [2.75, 3.05) is 20.1 Å². The number of rotatable bonds is 7. The van der Waals surface area contributed by atoms with Gasteiger partial charge in [0.05, 0.1) is 23.3 Å². The molecule has 2 aliphatic rings. The van der Waals surface area contributed by atoms with Gasteiger partial charge in [0.15, 0.2) is 0 Å². The Bertz CT molecular complexity index is 1580. The first-order valence-corrected chi connectivity index (χ1v) is 17.6. The van der Waals surface area contributed by atoms with Crippen LogP contribution in [-0.2, 0) is 20.5 Å². The highest BCUT2D eigenvalue weighted by Gasteiger charge is 2.54. The summed E-state index contributed by atoms with van der Waals surface area (Å²) in [4.78, 5) is 63.5. The van der Waals surface area contributed by atoms with Crippen LogP contribution < -0.4 is 10.6 Å². The Morgan fingerprint density at radius 2 is 1.68 bits per heavy atom. The maximum Gasteiger partial charge on any atom is 0.416 e. The molecule has 0 saturated carbocycles. The number of likely N-dealkylation sites (tertiary alicyclic amines) is 2. The van der Waals surface area contributed by atoms with Crippen LogP contribution in [0.15, 0.2) is 29.6 Å². The van der Waals surface area contributed by atoms with Gasteiger partial charge in [-0.15, -0.1) is 11.3 Å². The van der Waals surface area contributed by atoms with Crippen molar-refractivity contribution in [2.45, 2.75) is 117 Å². The number of hydrogen-bond acceptors (Lipinski definition) is 7. The lowest BCUT2D eigenvalue weighted by Crippen LogP contribution is -2.59. The second-order valence-corrected chi connectivity index (χ2v) is 16.3. The fourth-order valence-corrected chi connectivity index (χ4v) is 7.21. The Kier molecular flexibility index (Phi) is 11.2. The molecule has 2 saturated heterocycles. The molecule has 11 nitrogen and oxygen atoms in total. The van der Waals surface area contributed by atoms with E-state index < -0.39 is 58.8 Å².